The molecule has 0 aromatic heterocycles. The van der Waals surface area contributed by atoms with E-state index in [0.29, 0.717) is 23.9 Å². The molecule has 0 atom stereocenters. The van der Waals surface area contributed by atoms with Crippen molar-refractivity contribution in [1.82, 2.24) is 10.6 Å². The molecular weight excluding hydrogens is 381 g/mol. The Morgan fingerprint density at radius 2 is 1.81 bits per heavy atom. The van der Waals surface area contributed by atoms with E-state index in [1.807, 2.05) is 18.2 Å². The molecule has 0 aliphatic rings. The number of guanidine groups is 1. The number of hydrogen-bond donors (Lipinski definition) is 3. The quantitative estimate of drug-likeness (QED) is 0.398. The van der Waals surface area contributed by atoms with Gasteiger partial charge in [-0.1, -0.05) is 29.8 Å². The second kappa shape index (κ2) is 9.82. The van der Waals surface area contributed by atoms with Gasteiger partial charge in [-0.15, -0.1) is 0 Å². The van der Waals surface area contributed by atoms with Gasteiger partial charge in [0.25, 0.3) is 0 Å². The van der Waals surface area contributed by atoms with E-state index in [2.05, 4.69) is 20.9 Å². The van der Waals surface area contributed by atoms with Crippen molar-refractivity contribution in [3.8, 4) is 0 Å². The zero-order chi connectivity index (χ0) is 19.8. The maximum Gasteiger partial charge on any atom is 0.243 e. The molecule has 2 aromatic rings. The number of nitrogens with zero attached hydrogens (tertiary/aromatic N) is 1. The average molecular weight is 399 g/mol. The molecule has 0 aliphatic heterocycles. The van der Waals surface area contributed by atoms with Gasteiger partial charge < -0.3 is 16.0 Å². The van der Waals surface area contributed by atoms with Crippen molar-refractivity contribution in [2.24, 2.45) is 4.99 Å². The van der Waals surface area contributed by atoms with E-state index in [1.54, 1.807) is 6.07 Å². The number of carbonyl (C=O) groups excluding carboxylic acids is 1. The molecule has 0 bridgehead atoms. The largest absolute Gasteiger partial charge is 0.356 e. The van der Waals surface area contributed by atoms with Gasteiger partial charge in [0, 0.05) is 18.6 Å². The van der Waals surface area contributed by atoms with Crippen LogP contribution in [0.1, 0.15) is 5.56 Å². The molecule has 1 amide bonds. The predicted octanol–water partition coefficient (Wildman–Crippen LogP) is 3.10. The van der Waals surface area contributed by atoms with Crippen molar-refractivity contribution in [2.45, 2.75) is 6.42 Å². The van der Waals surface area contributed by atoms with Gasteiger partial charge in [-0.3, -0.25) is 9.79 Å². The highest BCUT2D eigenvalue weighted by Gasteiger charge is 2.15. The fourth-order valence-corrected chi connectivity index (χ4v) is 2.45. The minimum absolute atomic E-state index is 0.246. The van der Waals surface area contributed by atoms with E-state index in [-0.39, 0.29) is 6.54 Å². The molecule has 9 heteroatoms. The number of aliphatic imine (C=N–C) groups is 1. The Kier molecular flexibility index (Phi) is 7.48. The van der Waals surface area contributed by atoms with Crippen LogP contribution in [0.3, 0.4) is 0 Å². The van der Waals surface area contributed by atoms with Gasteiger partial charge >= 0.3 is 0 Å². The molecule has 0 saturated carbocycles. The fourth-order valence-electron chi connectivity index (χ4n) is 2.22. The Bertz CT molecular complexity index is 845. The fraction of sp³-hybridized carbons (Fsp3) is 0.222. The van der Waals surface area contributed by atoms with Crippen LogP contribution in [0, 0.1) is 17.5 Å². The Labute approximate surface area is 159 Å². The van der Waals surface area contributed by atoms with Crippen LogP contribution in [-0.4, -0.2) is 32.0 Å². The van der Waals surface area contributed by atoms with Gasteiger partial charge in [0.1, 0.15) is 0 Å². The molecule has 2 rings (SSSR count). The highest BCUT2D eigenvalue weighted by molar-refractivity contribution is 6.31. The van der Waals surface area contributed by atoms with E-state index in [1.165, 1.54) is 7.05 Å². The van der Waals surface area contributed by atoms with Crippen LogP contribution in [0.15, 0.2) is 41.4 Å². The number of hydrogen-bond acceptors (Lipinski definition) is 2. The number of anilines is 1. The molecular formula is C18H18ClF3N4O. The normalized spacial score (nSPS) is 11.2. The third kappa shape index (κ3) is 5.89. The van der Waals surface area contributed by atoms with Crippen LogP contribution in [0.4, 0.5) is 18.9 Å². The molecule has 0 heterocycles. The van der Waals surface area contributed by atoms with Crippen LogP contribution < -0.4 is 16.0 Å². The lowest BCUT2D eigenvalue weighted by Gasteiger charge is -2.13. The number of halogens is 4. The van der Waals surface area contributed by atoms with E-state index in [4.69, 9.17) is 11.6 Å². The molecule has 0 radical (unpaired) electrons. The smallest absolute Gasteiger partial charge is 0.243 e. The van der Waals surface area contributed by atoms with Gasteiger partial charge in [0.15, 0.2) is 23.4 Å². The molecule has 3 N–H and O–H groups in total. The van der Waals surface area contributed by atoms with Crippen LogP contribution in [0.5, 0.6) is 0 Å². The number of carbonyl (C=O) groups is 1. The van der Waals surface area contributed by atoms with Crippen LogP contribution in [-0.2, 0) is 11.2 Å². The van der Waals surface area contributed by atoms with Crippen molar-refractivity contribution in [2.75, 3.05) is 25.5 Å². The molecule has 0 aliphatic carbocycles. The van der Waals surface area contributed by atoms with E-state index < -0.39 is 29.0 Å². The number of amides is 1. The molecule has 27 heavy (non-hydrogen) atoms. The van der Waals surface area contributed by atoms with Gasteiger partial charge in [0.2, 0.25) is 5.91 Å². The molecule has 0 spiro atoms. The Balaban J connectivity index is 1.81. The SMILES string of the molecule is CN=C(NCCc1ccccc1Cl)NCC(=O)Nc1ccc(F)c(F)c1F. The number of rotatable bonds is 6. The summed E-state index contributed by atoms with van der Waals surface area (Å²) < 4.78 is 39.6. The minimum atomic E-state index is -1.64. The highest BCUT2D eigenvalue weighted by atomic mass is 35.5. The van der Waals surface area contributed by atoms with Gasteiger partial charge in [0.05, 0.1) is 12.2 Å². The summed E-state index contributed by atoms with van der Waals surface area (Å²) in [4.78, 5) is 15.8. The van der Waals surface area contributed by atoms with Crippen LogP contribution in [0.25, 0.3) is 0 Å². The van der Waals surface area contributed by atoms with Crippen molar-refractivity contribution in [3.05, 3.63) is 64.4 Å². The van der Waals surface area contributed by atoms with Crippen molar-refractivity contribution in [1.29, 1.82) is 0 Å². The van der Waals surface area contributed by atoms with Crippen molar-refractivity contribution >= 4 is 29.2 Å². The molecule has 5 nitrogen and oxygen atoms in total. The van der Waals surface area contributed by atoms with Gasteiger partial charge in [-0.2, -0.15) is 0 Å². The third-order valence-electron chi connectivity index (χ3n) is 3.59. The number of nitrogens with one attached hydrogen (secondary N) is 3. The summed E-state index contributed by atoms with van der Waals surface area (Å²) in [6.45, 7) is 0.271. The minimum Gasteiger partial charge on any atom is -0.356 e. The number of benzene rings is 2. The molecule has 0 fully saturated rings. The summed E-state index contributed by atoms with van der Waals surface area (Å²) in [5, 5.41) is 8.57. The first-order valence-electron chi connectivity index (χ1n) is 8.03. The topological polar surface area (TPSA) is 65.5 Å². The van der Waals surface area contributed by atoms with Gasteiger partial charge in [-0.25, -0.2) is 13.2 Å². The lowest BCUT2D eigenvalue weighted by Crippen LogP contribution is -2.42. The second-order valence-electron chi connectivity index (χ2n) is 5.47. The first-order chi connectivity index (χ1) is 12.9. The first-order valence-corrected chi connectivity index (χ1v) is 8.41. The average Bonchev–Trinajstić information content (AvgIpc) is 2.66. The zero-order valence-electron chi connectivity index (χ0n) is 14.5. The monoisotopic (exact) mass is 398 g/mol. The second-order valence-corrected chi connectivity index (χ2v) is 5.87. The molecule has 0 saturated heterocycles. The summed E-state index contributed by atoms with van der Waals surface area (Å²) in [5.74, 6) is -4.72. The van der Waals surface area contributed by atoms with E-state index >= 15 is 0 Å². The summed E-state index contributed by atoms with van der Waals surface area (Å²) in [6, 6.07) is 9.11. The van der Waals surface area contributed by atoms with Crippen LogP contribution in [0.2, 0.25) is 5.02 Å². The summed E-state index contributed by atoms with van der Waals surface area (Å²) >= 11 is 6.08. The van der Waals surface area contributed by atoms with Crippen molar-refractivity contribution < 1.29 is 18.0 Å². The van der Waals surface area contributed by atoms with Gasteiger partial charge in [-0.05, 0) is 30.2 Å². The lowest BCUT2D eigenvalue weighted by atomic mass is 10.1. The van der Waals surface area contributed by atoms with Crippen LogP contribution >= 0.6 is 11.6 Å². The first kappa shape index (κ1) is 20.6. The Hall–Kier alpha value is -2.74. The molecule has 144 valence electrons. The molecule has 2 aromatic carbocycles. The Morgan fingerprint density at radius 1 is 1.07 bits per heavy atom. The predicted molar refractivity (Wildman–Crippen MR) is 99.5 cm³/mol. The zero-order valence-corrected chi connectivity index (χ0v) is 15.2. The van der Waals surface area contributed by atoms with Crippen molar-refractivity contribution in [3.63, 3.8) is 0 Å². The molecule has 0 unspecified atom stereocenters. The third-order valence-corrected chi connectivity index (χ3v) is 3.96. The standard InChI is InChI=1S/C18H18ClF3N4O/c1-23-18(24-9-8-11-4-2-3-5-12(11)19)25-10-15(27)26-14-7-6-13(20)16(21)17(14)22/h2-7H,8-10H2,1H3,(H,26,27)(H2,23,24,25). The lowest BCUT2D eigenvalue weighted by molar-refractivity contribution is -0.115. The summed E-state index contributed by atoms with van der Waals surface area (Å²) in [6.07, 6.45) is 0.645. The van der Waals surface area contributed by atoms with E-state index in [9.17, 15) is 18.0 Å². The summed E-state index contributed by atoms with van der Waals surface area (Å²) in [5.41, 5.74) is 0.524. The maximum absolute atomic E-state index is 13.6. The highest BCUT2D eigenvalue weighted by Crippen LogP contribution is 2.19. The summed E-state index contributed by atoms with van der Waals surface area (Å²) in [7, 11) is 1.53. The van der Waals surface area contributed by atoms with E-state index in [0.717, 1.165) is 17.7 Å². The Morgan fingerprint density at radius 3 is 2.52 bits per heavy atom. The maximum atomic E-state index is 13.6.